The van der Waals surface area contributed by atoms with E-state index >= 15 is 0 Å². The van der Waals surface area contributed by atoms with Crippen molar-refractivity contribution >= 4 is 23.6 Å². The predicted molar refractivity (Wildman–Crippen MR) is 211 cm³/mol. The molecule has 1 saturated heterocycles. The van der Waals surface area contributed by atoms with Gasteiger partial charge in [0, 0.05) is 51.3 Å². The first-order chi connectivity index (χ1) is 25.8. The van der Waals surface area contributed by atoms with Crippen LogP contribution in [-0.2, 0) is 37.2 Å². The smallest absolute Gasteiger partial charge is 0.246 e. The van der Waals surface area contributed by atoms with Crippen molar-refractivity contribution in [3.05, 3.63) is 153 Å². The van der Waals surface area contributed by atoms with Crippen LogP contribution in [0.3, 0.4) is 0 Å². The van der Waals surface area contributed by atoms with Crippen molar-refractivity contribution in [2.24, 2.45) is 0 Å². The number of pyridine rings is 1. The summed E-state index contributed by atoms with van der Waals surface area (Å²) in [6, 6.07) is 31.0. The Bertz CT molecular complexity index is 2010. The highest BCUT2D eigenvalue weighted by Gasteiger charge is 2.20. The molecule has 8 heteroatoms. The van der Waals surface area contributed by atoms with Gasteiger partial charge in [0.15, 0.2) is 5.75 Å². The number of amides is 1. The maximum atomic E-state index is 13.1. The van der Waals surface area contributed by atoms with Gasteiger partial charge in [-0.1, -0.05) is 71.8 Å². The summed E-state index contributed by atoms with van der Waals surface area (Å²) in [6.45, 7) is 9.05. The minimum Gasteiger partial charge on any atom is -0.493 e. The van der Waals surface area contributed by atoms with Crippen molar-refractivity contribution in [2.75, 3.05) is 32.8 Å². The highest BCUT2D eigenvalue weighted by molar-refractivity contribution is 6.32. The van der Waals surface area contributed by atoms with Gasteiger partial charge in [-0.3, -0.25) is 9.69 Å². The second-order valence-corrected chi connectivity index (χ2v) is 14.4. The fourth-order valence-electron chi connectivity index (χ4n) is 6.84. The number of ether oxygens (including phenoxy) is 3. The third kappa shape index (κ3) is 9.86. The van der Waals surface area contributed by atoms with E-state index in [0.717, 1.165) is 48.5 Å². The fraction of sp³-hybridized carbons (Fsp3) is 0.289. The Hall–Kier alpha value is -5.11. The zero-order valence-corrected chi connectivity index (χ0v) is 31.3. The van der Waals surface area contributed by atoms with Gasteiger partial charge < -0.3 is 19.1 Å². The van der Waals surface area contributed by atoms with E-state index in [1.807, 2.05) is 30.0 Å². The quantitative estimate of drug-likeness (QED) is 0.113. The minimum atomic E-state index is -0.000834. The summed E-state index contributed by atoms with van der Waals surface area (Å²) in [5.41, 5.74) is 9.45. The fourth-order valence-corrected chi connectivity index (χ4v) is 7.16. The number of hydrogen-bond donors (Lipinski definition) is 0. The van der Waals surface area contributed by atoms with Crippen LogP contribution in [0.5, 0.6) is 23.1 Å². The molecule has 0 radical (unpaired) electrons. The molecule has 0 saturated carbocycles. The van der Waals surface area contributed by atoms with Gasteiger partial charge in [0.2, 0.25) is 11.8 Å². The van der Waals surface area contributed by atoms with Crippen LogP contribution in [0.25, 0.3) is 6.08 Å². The Morgan fingerprint density at radius 2 is 1.53 bits per heavy atom. The normalized spacial score (nSPS) is 14.4. The van der Waals surface area contributed by atoms with Crippen molar-refractivity contribution in [3.63, 3.8) is 0 Å². The molecule has 1 aromatic heterocycles. The topological polar surface area (TPSA) is 64.1 Å². The van der Waals surface area contributed by atoms with Gasteiger partial charge in [-0.05, 0) is 108 Å². The van der Waals surface area contributed by atoms with Crippen molar-refractivity contribution < 1.29 is 19.0 Å². The minimum absolute atomic E-state index is 0.000834. The lowest BCUT2D eigenvalue weighted by Gasteiger charge is -2.34. The van der Waals surface area contributed by atoms with Gasteiger partial charge in [0.1, 0.15) is 18.1 Å². The third-order valence-electron chi connectivity index (χ3n) is 9.95. The molecule has 4 aromatic carbocycles. The van der Waals surface area contributed by atoms with Gasteiger partial charge in [-0.15, -0.1) is 0 Å². The van der Waals surface area contributed by atoms with Crippen LogP contribution in [0.15, 0.2) is 103 Å². The number of halogens is 1. The number of hydrogen-bond acceptors (Lipinski definition) is 6. The van der Waals surface area contributed by atoms with Gasteiger partial charge in [0.25, 0.3) is 0 Å². The number of carbonyl (C=O) groups is 1. The molecular weight excluding hydrogens is 682 g/mol. The lowest BCUT2D eigenvalue weighted by molar-refractivity contribution is -0.127. The Labute approximate surface area is 317 Å². The van der Waals surface area contributed by atoms with E-state index < -0.39 is 0 Å². The average Bonchev–Trinajstić information content (AvgIpc) is 3.65. The number of fused-ring (bicyclic) bond motifs is 1. The molecule has 0 bridgehead atoms. The molecule has 0 N–H and O–H groups in total. The van der Waals surface area contributed by atoms with Crippen LogP contribution in [-0.4, -0.2) is 53.5 Å². The maximum absolute atomic E-state index is 13.1. The van der Waals surface area contributed by atoms with Crippen LogP contribution in [0, 0.1) is 13.8 Å². The highest BCUT2D eigenvalue weighted by Crippen LogP contribution is 2.34. The first kappa shape index (κ1) is 36.3. The number of benzene rings is 4. The van der Waals surface area contributed by atoms with E-state index in [4.69, 9.17) is 25.8 Å². The molecular formula is C45H46ClN3O4. The van der Waals surface area contributed by atoms with Gasteiger partial charge in [-0.2, -0.15) is 0 Å². The van der Waals surface area contributed by atoms with Crippen molar-refractivity contribution in [1.29, 1.82) is 0 Å². The molecule has 5 aromatic rings. The van der Waals surface area contributed by atoms with E-state index in [0.29, 0.717) is 48.7 Å². The Balaban J connectivity index is 0.835. The van der Waals surface area contributed by atoms with E-state index in [1.54, 1.807) is 24.4 Å². The zero-order valence-electron chi connectivity index (χ0n) is 30.5. The molecule has 1 aliphatic carbocycles. The lowest BCUT2D eigenvalue weighted by atomic mass is 10.1. The first-order valence-electron chi connectivity index (χ1n) is 18.5. The van der Waals surface area contributed by atoms with E-state index in [9.17, 15) is 4.79 Å². The van der Waals surface area contributed by atoms with Crippen LogP contribution in [0.1, 0.15) is 50.9 Å². The number of rotatable bonds is 13. The molecule has 272 valence electrons. The van der Waals surface area contributed by atoms with Crippen LogP contribution in [0.4, 0.5) is 0 Å². The molecule has 53 heavy (non-hydrogen) atoms. The standard InChI is InChI=1S/C45H46ClN3O4/c1-32-6-8-36(9-7-32)31-52-41-17-18-43(47-29-41)53-45-33(2)26-37(27-42(45)46)14-19-44(50)49-23-21-48(22-24-49)30-35-12-10-34(11-13-35)20-25-51-40-16-15-38-4-3-5-39(38)28-40/h6-19,26-29H,3-5,20-25,30-31H2,1-2H3/b19-14+. The van der Waals surface area contributed by atoms with E-state index in [1.165, 1.54) is 47.1 Å². The predicted octanol–water partition coefficient (Wildman–Crippen LogP) is 9.19. The second-order valence-electron chi connectivity index (χ2n) is 14.0. The molecule has 2 aliphatic rings. The van der Waals surface area contributed by atoms with Crippen molar-refractivity contribution in [2.45, 2.75) is 52.7 Å². The van der Waals surface area contributed by atoms with E-state index in [-0.39, 0.29) is 5.91 Å². The van der Waals surface area contributed by atoms with Crippen LogP contribution in [0.2, 0.25) is 5.02 Å². The SMILES string of the molecule is Cc1ccc(COc2ccc(Oc3c(C)cc(/C=C/C(=O)N4CCN(Cc5ccc(CCOc6ccc7c(c6)CCC7)cc5)CC4)cc3Cl)nc2)cc1. The number of piperazine rings is 1. The lowest BCUT2D eigenvalue weighted by Crippen LogP contribution is -2.47. The summed E-state index contributed by atoms with van der Waals surface area (Å²) in [4.78, 5) is 21.8. The van der Waals surface area contributed by atoms with Crippen LogP contribution >= 0.6 is 11.6 Å². The molecule has 2 heterocycles. The molecule has 0 atom stereocenters. The summed E-state index contributed by atoms with van der Waals surface area (Å²) in [5.74, 6) is 2.58. The van der Waals surface area contributed by atoms with Gasteiger partial charge in [0.05, 0.1) is 17.8 Å². The zero-order chi connectivity index (χ0) is 36.6. The summed E-state index contributed by atoms with van der Waals surface area (Å²) in [5, 5.41) is 0.448. The molecule has 0 spiro atoms. The highest BCUT2D eigenvalue weighted by atomic mass is 35.5. The monoisotopic (exact) mass is 727 g/mol. The van der Waals surface area contributed by atoms with Gasteiger partial charge in [-0.25, -0.2) is 4.98 Å². The first-order valence-corrected chi connectivity index (χ1v) is 18.9. The second kappa shape index (κ2) is 17.1. The third-order valence-corrected chi connectivity index (χ3v) is 10.2. The Morgan fingerprint density at radius 3 is 2.28 bits per heavy atom. The molecule has 1 fully saturated rings. The van der Waals surface area contributed by atoms with Crippen molar-refractivity contribution in [1.82, 2.24) is 14.8 Å². The summed E-state index contributed by atoms with van der Waals surface area (Å²) < 4.78 is 18.0. The van der Waals surface area contributed by atoms with Gasteiger partial charge >= 0.3 is 0 Å². The number of carbonyl (C=O) groups excluding carboxylic acids is 1. The number of nitrogens with zero attached hydrogens (tertiary/aromatic N) is 3. The van der Waals surface area contributed by atoms with Crippen molar-refractivity contribution in [3.8, 4) is 23.1 Å². The number of aryl methyl sites for hydroxylation is 4. The summed E-state index contributed by atoms with van der Waals surface area (Å²) in [6.07, 6.45) is 9.58. The Morgan fingerprint density at radius 1 is 0.792 bits per heavy atom. The largest absolute Gasteiger partial charge is 0.493 e. The molecule has 7 nitrogen and oxygen atoms in total. The Kier molecular flexibility index (Phi) is 11.7. The molecule has 1 amide bonds. The molecule has 1 aliphatic heterocycles. The van der Waals surface area contributed by atoms with Crippen LogP contribution < -0.4 is 14.2 Å². The summed E-state index contributed by atoms with van der Waals surface area (Å²) in [7, 11) is 0. The average molecular weight is 728 g/mol. The molecule has 0 unspecified atom stereocenters. The van der Waals surface area contributed by atoms with E-state index in [2.05, 4.69) is 83.5 Å². The number of aromatic nitrogens is 1. The maximum Gasteiger partial charge on any atom is 0.246 e. The summed E-state index contributed by atoms with van der Waals surface area (Å²) >= 11 is 6.64. The molecule has 7 rings (SSSR count).